The van der Waals surface area contributed by atoms with Gasteiger partial charge in [0.25, 0.3) is 5.95 Å². The quantitative estimate of drug-likeness (QED) is 0.354. The van der Waals surface area contributed by atoms with Gasteiger partial charge in [-0.1, -0.05) is 12.1 Å². The summed E-state index contributed by atoms with van der Waals surface area (Å²) >= 11 is 0. The summed E-state index contributed by atoms with van der Waals surface area (Å²) in [7, 11) is 0. The first-order valence-electron chi connectivity index (χ1n) is 11.3. The van der Waals surface area contributed by atoms with Gasteiger partial charge < -0.3 is 15.0 Å². The number of benzene rings is 2. The predicted molar refractivity (Wildman–Crippen MR) is 127 cm³/mol. The molecule has 0 unspecified atom stereocenters. The molecule has 9 nitrogen and oxygen atoms in total. The molecule has 1 aliphatic rings. The molecule has 0 aliphatic carbocycles. The Balaban J connectivity index is 1.32. The van der Waals surface area contributed by atoms with Crippen molar-refractivity contribution in [3.05, 3.63) is 66.2 Å². The molecule has 13 heteroatoms. The number of aromatic nitrogens is 6. The molecule has 6 rings (SSSR count). The van der Waals surface area contributed by atoms with Crippen LogP contribution in [0.25, 0.3) is 27.9 Å². The first-order valence-corrected chi connectivity index (χ1v) is 11.3. The second kappa shape index (κ2) is 8.92. The van der Waals surface area contributed by atoms with Gasteiger partial charge in [-0.3, -0.25) is 4.98 Å². The average Bonchev–Trinajstić information content (AvgIpc) is 3.34. The highest BCUT2D eigenvalue weighted by Crippen LogP contribution is 2.32. The van der Waals surface area contributed by atoms with Crippen LogP contribution in [0.5, 0.6) is 0 Å². The Labute approximate surface area is 206 Å². The normalized spacial score (nSPS) is 14.4. The van der Waals surface area contributed by atoms with E-state index in [1.807, 2.05) is 0 Å². The fourth-order valence-corrected chi connectivity index (χ4v) is 4.11. The zero-order valence-electron chi connectivity index (χ0n) is 19.1. The number of hydrogen-bond donors (Lipinski definition) is 1. The van der Waals surface area contributed by atoms with Crippen LogP contribution < -0.4 is 10.2 Å². The summed E-state index contributed by atoms with van der Waals surface area (Å²) in [5, 5.41) is 12.6. The standard InChI is InChI=1S/C24H18F4N8O/c25-18-13-30-23(32-22(18)35-6-8-37-9-7-35)36-33-19-5-4-14-10-17(12-29-20(14)21(19)34-36)31-16-3-1-2-15(11-16)24(26,27)28/h1-5,10-13,31H,6-9H2. The lowest BCUT2D eigenvalue weighted by Gasteiger charge is -2.27. The maximum atomic E-state index is 14.4. The molecule has 1 aliphatic heterocycles. The van der Waals surface area contributed by atoms with Crippen molar-refractivity contribution < 1.29 is 22.3 Å². The van der Waals surface area contributed by atoms with Crippen LogP contribution in [0.2, 0.25) is 0 Å². The monoisotopic (exact) mass is 510 g/mol. The number of rotatable bonds is 4. The Morgan fingerprint density at radius 1 is 0.892 bits per heavy atom. The molecule has 0 spiro atoms. The second-order valence-electron chi connectivity index (χ2n) is 8.36. The van der Waals surface area contributed by atoms with Crippen molar-refractivity contribution in [1.82, 2.24) is 29.9 Å². The third-order valence-electron chi connectivity index (χ3n) is 5.88. The lowest BCUT2D eigenvalue weighted by Crippen LogP contribution is -2.37. The lowest BCUT2D eigenvalue weighted by molar-refractivity contribution is -0.137. The molecule has 5 aromatic rings. The van der Waals surface area contributed by atoms with Gasteiger partial charge >= 0.3 is 6.18 Å². The van der Waals surface area contributed by atoms with Crippen molar-refractivity contribution in [3.63, 3.8) is 0 Å². The van der Waals surface area contributed by atoms with Crippen molar-refractivity contribution >= 4 is 39.1 Å². The molecule has 4 heterocycles. The molecule has 0 atom stereocenters. The highest BCUT2D eigenvalue weighted by Gasteiger charge is 2.30. The molecular formula is C24H18F4N8O. The minimum Gasteiger partial charge on any atom is -0.378 e. The van der Waals surface area contributed by atoms with E-state index < -0.39 is 17.6 Å². The van der Waals surface area contributed by atoms with Gasteiger partial charge in [0.1, 0.15) is 16.6 Å². The predicted octanol–water partition coefficient (Wildman–Crippen LogP) is 4.50. The number of anilines is 3. The topological polar surface area (TPSA) is 93.9 Å². The number of alkyl halides is 3. The van der Waals surface area contributed by atoms with Gasteiger partial charge in [0.15, 0.2) is 11.6 Å². The first kappa shape index (κ1) is 23.0. The third-order valence-corrected chi connectivity index (χ3v) is 5.88. The van der Waals surface area contributed by atoms with E-state index in [9.17, 15) is 17.6 Å². The molecule has 0 bridgehead atoms. The molecule has 2 aromatic carbocycles. The van der Waals surface area contributed by atoms with E-state index in [4.69, 9.17) is 4.74 Å². The zero-order valence-corrected chi connectivity index (χ0v) is 19.1. The summed E-state index contributed by atoms with van der Waals surface area (Å²) in [6, 6.07) is 10.2. The Morgan fingerprint density at radius 3 is 2.54 bits per heavy atom. The number of ether oxygens (including phenoxy) is 1. The second-order valence-corrected chi connectivity index (χ2v) is 8.36. The van der Waals surface area contributed by atoms with Gasteiger partial charge in [-0.25, -0.2) is 9.37 Å². The minimum absolute atomic E-state index is 0.107. The molecule has 37 heavy (non-hydrogen) atoms. The van der Waals surface area contributed by atoms with Crippen molar-refractivity contribution in [2.24, 2.45) is 0 Å². The lowest BCUT2D eigenvalue weighted by atomic mass is 10.1. The minimum atomic E-state index is -4.44. The molecule has 188 valence electrons. The van der Waals surface area contributed by atoms with Gasteiger partial charge in [-0.15, -0.1) is 15.0 Å². The molecule has 1 fully saturated rings. The smallest absolute Gasteiger partial charge is 0.378 e. The zero-order chi connectivity index (χ0) is 25.6. The summed E-state index contributed by atoms with van der Waals surface area (Å²) < 4.78 is 58.9. The molecule has 0 amide bonds. The molecule has 0 radical (unpaired) electrons. The van der Waals surface area contributed by atoms with E-state index in [-0.39, 0.29) is 17.5 Å². The summed E-state index contributed by atoms with van der Waals surface area (Å²) in [4.78, 5) is 15.9. The number of halogens is 4. The van der Waals surface area contributed by atoms with Gasteiger partial charge in [-0.2, -0.15) is 18.2 Å². The fourth-order valence-electron chi connectivity index (χ4n) is 4.11. The molecular weight excluding hydrogens is 492 g/mol. The average molecular weight is 510 g/mol. The number of pyridine rings is 1. The number of fused-ring (bicyclic) bond motifs is 3. The van der Waals surface area contributed by atoms with Crippen LogP contribution in [0, 0.1) is 5.82 Å². The summed E-state index contributed by atoms with van der Waals surface area (Å²) in [6.45, 7) is 1.97. The highest BCUT2D eigenvalue weighted by atomic mass is 19.4. The van der Waals surface area contributed by atoms with Crippen LogP contribution in [0.15, 0.2) is 54.9 Å². The molecule has 0 saturated carbocycles. The maximum absolute atomic E-state index is 14.4. The Bertz CT molecular complexity index is 1610. The summed E-state index contributed by atoms with van der Waals surface area (Å²) in [6.07, 6.45) is -1.84. The fraction of sp³-hybridized carbons (Fsp3) is 0.208. The van der Waals surface area contributed by atoms with Crippen LogP contribution >= 0.6 is 0 Å². The van der Waals surface area contributed by atoms with E-state index in [1.54, 1.807) is 29.2 Å². The van der Waals surface area contributed by atoms with Crippen LogP contribution in [0.4, 0.5) is 34.8 Å². The third kappa shape index (κ3) is 4.48. The van der Waals surface area contributed by atoms with E-state index in [1.165, 1.54) is 17.1 Å². The van der Waals surface area contributed by atoms with Crippen molar-refractivity contribution in [2.75, 3.05) is 36.5 Å². The van der Waals surface area contributed by atoms with E-state index in [0.717, 1.165) is 18.3 Å². The SMILES string of the molecule is Fc1cnc(-n2nc3ccc4cc(Nc5cccc(C(F)(F)F)c5)cnc4c3n2)nc1N1CCOCC1. The Morgan fingerprint density at radius 2 is 1.73 bits per heavy atom. The van der Waals surface area contributed by atoms with Crippen LogP contribution in [0.3, 0.4) is 0 Å². The van der Waals surface area contributed by atoms with Crippen molar-refractivity contribution in [2.45, 2.75) is 6.18 Å². The van der Waals surface area contributed by atoms with Crippen molar-refractivity contribution in [3.8, 4) is 5.95 Å². The molecule has 3 aromatic heterocycles. The van der Waals surface area contributed by atoms with Crippen LogP contribution in [0.1, 0.15) is 5.56 Å². The highest BCUT2D eigenvalue weighted by molar-refractivity contribution is 6.02. The van der Waals surface area contributed by atoms with Crippen molar-refractivity contribution in [1.29, 1.82) is 0 Å². The number of nitrogens with one attached hydrogen (secondary N) is 1. The summed E-state index contributed by atoms with van der Waals surface area (Å²) in [5.74, 6) is -0.284. The maximum Gasteiger partial charge on any atom is 0.416 e. The van der Waals surface area contributed by atoms with E-state index in [0.29, 0.717) is 53.9 Å². The van der Waals surface area contributed by atoms with E-state index >= 15 is 0 Å². The van der Waals surface area contributed by atoms with E-state index in [2.05, 4.69) is 30.5 Å². The Kier molecular flexibility index (Phi) is 5.56. The molecule has 1 N–H and O–H groups in total. The van der Waals surface area contributed by atoms with Crippen LogP contribution in [-0.4, -0.2) is 56.2 Å². The van der Waals surface area contributed by atoms with Gasteiger partial charge in [0.2, 0.25) is 0 Å². The van der Waals surface area contributed by atoms with Crippen LogP contribution in [-0.2, 0) is 10.9 Å². The number of hydrogen-bond acceptors (Lipinski definition) is 8. The molecule has 1 saturated heterocycles. The largest absolute Gasteiger partial charge is 0.416 e. The Hall–Kier alpha value is -4.39. The van der Waals surface area contributed by atoms with Gasteiger partial charge in [0.05, 0.1) is 36.9 Å². The summed E-state index contributed by atoms with van der Waals surface area (Å²) in [5.41, 5.74) is 1.59. The van der Waals surface area contributed by atoms with Gasteiger partial charge in [0, 0.05) is 24.2 Å². The number of nitrogens with zero attached hydrogens (tertiary/aromatic N) is 7. The number of morpholine rings is 1. The first-order chi connectivity index (χ1) is 17.8. The van der Waals surface area contributed by atoms with Gasteiger partial charge in [-0.05, 0) is 30.3 Å².